The van der Waals surface area contributed by atoms with E-state index in [0.717, 1.165) is 26.5 Å². The van der Waals surface area contributed by atoms with E-state index in [-0.39, 0.29) is 30.2 Å². The number of thioether (sulfide) groups is 1. The van der Waals surface area contributed by atoms with Crippen LogP contribution in [0.15, 0.2) is 71.6 Å². The Balaban J connectivity index is 1.41. The van der Waals surface area contributed by atoms with Crippen LogP contribution in [0, 0.1) is 10.5 Å². The highest BCUT2D eigenvalue weighted by Gasteiger charge is 2.35. The lowest BCUT2D eigenvalue weighted by Gasteiger charge is -2.13. The minimum absolute atomic E-state index is 0.193. The van der Waals surface area contributed by atoms with Gasteiger partial charge in [-0.05, 0) is 94.9 Å². The van der Waals surface area contributed by atoms with E-state index in [1.807, 2.05) is 55.5 Å². The largest absolute Gasteiger partial charge is 0.493 e. The van der Waals surface area contributed by atoms with Crippen molar-refractivity contribution in [2.24, 2.45) is 0 Å². The van der Waals surface area contributed by atoms with Gasteiger partial charge in [0.05, 0.1) is 18.6 Å². The lowest BCUT2D eigenvalue weighted by Crippen LogP contribution is -2.27. The van der Waals surface area contributed by atoms with Gasteiger partial charge in [-0.2, -0.15) is 0 Å². The lowest BCUT2D eigenvalue weighted by molar-refractivity contribution is -0.123. The average Bonchev–Trinajstić information content (AvgIpc) is 3.13. The summed E-state index contributed by atoms with van der Waals surface area (Å²) in [5.74, 6) is 0.160. The molecule has 0 saturated carbocycles. The summed E-state index contributed by atoms with van der Waals surface area (Å²) in [4.78, 5) is 39.2. The molecule has 0 spiro atoms. The number of hydrogen-bond donors (Lipinski definition) is 1. The Hall–Kier alpha value is -3.31. The normalized spacial score (nSPS) is 14.3. The highest BCUT2D eigenvalue weighted by Crippen LogP contribution is 2.35. The van der Waals surface area contributed by atoms with Crippen molar-refractivity contribution in [1.82, 2.24) is 4.90 Å². The first kappa shape index (κ1) is 25.8. The minimum Gasteiger partial charge on any atom is -0.493 e. The molecule has 0 bridgehead atoms. The van der Waals surface area contributed by atoms with Crippen LogP contribution in [-0.4, -0.2) is 35.7 Å². The van der Waals surface area contributed by atoms with Crippen molar-refractivity contribution < 1.29 is 23.9 Å². The number of carbonyl (C=O) groups is 3. The number of halogens is 1. The molecular weight excluding hydrogens is 591 g/mol. The molecule has 0 aromatic heterocycles. The summed E-state index contributed by atoms with van der Waals surface area (Å²) < 4.78 is 12.1. The van der Waals surface area contributed by atoms with E-state index in [4.69, 9.17) is 9.47 Å². The van der Waals surface area contributed by atoms with Gasteiger partial charge in [0.15, 0.2) is 18.1 Å². The molecule has 1 N–H and O–H groups in total. The maximum absolute atomic E-state index is 12.9. The van der Waals surface area contributed by atoms with Crippen LogP contribution in [-0.2, 0) is 16.1 Å². The lowest BCUT2D eigenvalue weighted by atomic mass is 10.1. The first-order valence-corrected chi connectivity index (χ1v) is 12.9. The topological polar surface area (TPSA) is 84.9 Å². The molecule has 1 fully saturated rings. The number of methoxy groups -OCH3 is 1. The fraction of sp³-hybridized carbons (Fsp3) is 0.148. The first-order chi connectivity index (χ1) is 17.3. The van der Waals surface area contributed by atoms with Crippen LogP contribution in [0.5, 0.6) is 11.5 Å². The standard InChI is InChI=1S/C27H23IN2O5S/c1-17-3-10-21(11-4-17)29-25(31)16-35-22-12-7-19(13-23(22)34-2)14-24-26(32)30(27(33)36-24)15-18-5-8-20(28)9-6-18/h3-14H,15-16H2,1-2H3,(H,29,31)/b24-14-. The number of imide groups is 1. The maximum atomic E-state index is 12.9. The van der Waals surface area contributed by atoms with Crippen molar-refractivity contribution in [2.45, 2.75) is 13.5 Å². The summed E-state index contributed by atoms with van der Waals surface area (Å²) in [6.45, 7) is 2.00. The minimum atomic E-state index is -0.337. The van der Waals surface area contributed by atoms with Crippen LogP contribution in [0.25, 0.3) is 6.08 Å². The molecule has 1 heterocycles. The Bertz CT molecular complexity index is 1320. The quantitative estimate of drug-likeness (QED) is 0.253. The van der Waals surface area contributed by atoms with Gasteiger partial charge in [-0.15, -0.1) is 0 Å². The Morgan fingerprint density at radius 2 is 1.75 bits per heavy atom. The number of carbonyl (C=O) groups excluding carboxylic acids is 3. The smallest absolute Gasteiger partial charge is 0.293 e. The number of rotatable bonds is 8. The average molecular weight is 614 g/mol. The van der Waals surface area contributed by atoms with Gasteiger partial charge in [-0.1, -0.05) is 35.9 Å². The van der Waals surface area contributed by atoms with Crippen LogP contribution in [0.2, 0.25) is 0 Å². The van der Waals surface area contributed by atoms with Gasteiger partial charge < -0.3 is 14.8 Å². The van der Waals surface area contributed by atoms with Crippen LogP contribution in [0.4, 0.5) is 10.5 Å². The van der Waals surface area contributed by atoms with Crippen molar-refractivity contribution in [2.75, 3.05) is 19.0 Å². The summed E-state index contributed by atoms with van der Waals surface area (Å²) in [6, 6.07) is 20.3. The van der Waals surface area contributed by atoms with Gasteiger partial charge in [0.2, 0.25) is 0 Å². The van der Waals surface area contributed by atoms with Gasteiger partial charge in [-0.25, -0.2) is 0 Å². The third kappa shape index (κ3) is 6.46. The number of benzene rings is 3. The molecule has 1 aliphatic heterocycles. The Morgan fingerprint density at radius 1 is 1.03 bits per heavy atom. The van der Waals surface area contributed by atoms with Gasteiger partial charge in [-0.3, -0.25) is 19.3 Å². The summed E-state index contributed by atoms with van der Waals surface area (Å²) in [7, 11) is 1.49. The summed E-state index contributed by atoms with van der Waals surface area (Å²) >= 11 is 3.11. The third-order valence-electron chi connectivity index (χ3n) is 5.31. The predicted octanol–water partition coefficient (Wildman–Crippen LogP) is 5.86. The Labute approximate surface area is 227 Å². The Kier molecular flexibility index (Phi) is 8.32. The zero-order valence-electron chi connectivity index (χ0n) is 19.6. The second-order valence-corrected chi connectivity index (χ2v) is 10.2. The molecule has 184 valence electrons. The number of aryl methyl sites for hydroxylation is 1. The molecule has 4 rings (SSSR count). The molecular formula is C27H23IN2O5S. The second kappa shape index (κ2) is 11.6. The van der Waals surface area contributed by atoms with E-state index in [0.29, 0.717) is 27.7 Å². The number of amides is 3. The number of anilines is 1. The molecule has 3 amide bonds. The van der Waals surface area contributed by atoms with Gasteiger partial charge >= 0.3 is 0 Å². The molecule has 7 nitrogen and oxygen atoms in total. The molecule has 3 aromatic carbocycles. The van der Waals surface area contributed by atoms with Crippen LogP contribution >= 0.6 is 34.4 Å². The highest BCUT2D eigenvalue weighted by atomic mass is 127. The van der Waals surface area contributed by atoms with Crippen molar-refractivity contribution in [1.29, 1.82) is 0 Å². The maximum Gasteiger partial charge on any atom is 0.293 e. The van der Waals surface area contributed by atoms with Crippen molar-refractivity contribution >= 4 is 63.2 Å². The molecule has 3 aromatic rings. The molecule has 0 radical (unpaired) electrons. The molecule has 0 atom stereocenters. The van der Waals surface area contributed by atoms with Crippen LogP contribution in [0.1, 0.15) is 16.7 Å². The second-order valence-electron chi connectivity index (χ2n) is 8.01. The molecule has 1 saturated heterocycles. The number of hydrogen-bond acceptors (Lipinski definition) is 6. The molecule has 36 heavy (non-hydrogen) atoms. The monoisotopic (exact) mass is 614 g/mol. The van der Waals surface area contributed by atoms with Crippen molar-refractivity contribution in [3.8, 4) is 11.5 Å². The van der Waals surface area contributed by atoms with E-state index < -0.39 is 0 Å². The SMILES string of the molecule is COc1cc(/C=C2\SC(=O)N(Cc3ccc(I)cc3)C2=O)ccc1OCC(=O)Nc1ccc(C)cc1. The summed E-state index contributed by atoms with van der Waals surface area (Å²) in [5.41, 5.74) is 3.34. The molecule has 0 aliphatic carbocycles. The summed E-state index contributed by atoms with van der Waals surface area (Å²) in [6.07, 6.45) is 1.65. The van der Waals surface area contributed by atoms with E-state index in [2.05, 4.69) is 27.9 Å². The van der Waals surface area contributed by atoms with Gasteiger partial charge in [0.25, 0.3) is 17.1 Å². The molecule has 0 unspecified atom stereocenters. The summed E-state index contributed by atoms with van der Waals surface area (Å²) in [5, 5.41) is 2.47. The highest BCUT2D eigenvalue weighted by molar-refractivity contribution is 14.1. The number of ether oxygens (including phenoxy) is 2. The van der Waals surface area contributed by atoms with Gasteiger partial charge in [0.1, 0.15) is 0 Å². The fourth-order valence-electron chi connectivity index (χ4n) is 3.43. The van der Waals surface area contributed by atoms with E-state index >= 15 is 0 Å². The van der Waals surface area contributed by atoms with Crippen molar-refractivity contribution in [3.63, 3.8) is 0 Å². The van der Waals surface area contributed by atoms with Crippen molar-refractivity contribution in [3.05, 3.63) is 91.9 Å². The molecule has 1 aliphatic rings. The van der Waals surface area contributed by atoms with E-state index in [1.165, 1.54) is 12.0 Å². The Morgan fingerprint density at radius 3 is 2.44 bits per heavy atom. The number of nitrogens with zero attached hydrogens (tertiary/aromatic N) is 1. The number of nitrogens with one attached hydrogen (secondary N) is 1. The van der Waals surface area contributed by atoms with Crippen LogP contribution < -0.4 is 14.8 Å². The van der Waals surface area contributed by atoms with E-state index in [1.54, 1.807) is 24.3 Å². The third-order valence-corrected chi connectivity index (χ3v) is 6.93. The first-order valence-electron chi connectivity index (χ1n) is 11.0. The fourth-order valence-corrected chi connectivity index (χ4v) is 4.63. The molecule has 9 heteroatoms. The predicted molar refractivity (Wildman–Crippen MR) is 149 cm³/mol. The zero-order valence-corrected chi connectivity index (χ0v) is 22.6. The van der Waals surface area contributed by atoms with E-state index in [9.17, 15) is 14.4 Å². The zero-order chi connectivity index (χ0) is 25.7. The van der Waals surface area contributed by atoms with Crippen LogP contribution in [0.3, 0.4) is 0 Å². The van der Waals surface area contributed by atoms with Gasteiger partial charge in [0, 0.05) is 9.26 Å².